The topological polar surface area (TPSA) is 78.0 Å². The molecule has 0 atom stereocenters. The lowest BCUT2D eigenvalue weighted by Gasteiger charge is -2.17. The molecule has 2 rings (SSSR count). The lowest BCUT2D eigenvalue weighted by Crippen LogP contribution is -2.18. The summed E-state index contributed by atoms with van der Waals surface area (Å²) in [7, 11) is 1.91. The fraction of sp³-hybridized carbons (Fsp3) is 0.308. The molecule has 0 unspecified atom stereocenters. The van der Waals surface area contributed by atoms with Crippen molar-refractivity contribution in [3.05, 3.63) is 35.5 Å². The lowest BCUT2D eigenvalue weighted by atomic mass is 10.4. The van der Waals surface area contributed by atoms with Crippen LogP contribution in [0.3, 0.4) is 0 Å². The molecule has 0 saturated heterocycles. The Morgan fingerprint density at radius 3 is 2.79 bits per heavy atom. The van der Waals surface area contributed by atoms with E-state index in [0.717, 1.165) is 17.3 Å². The third kappa shape index (κ3) is 3.22. The highest BCUT2D eigenvalue weighted by Gasteiger charge is 2.09. The molecule has 6 nitrogen and oxygen atoms in total. The molecule has 2 aromatic heterocycles. The Balaban J connectivity index is 2.18. The molecule has 98 valence electrons. The molecule has 0 saturated carbocycles. The van der Waals surface area contributed by atoms with Crippen LogP contribution in [0.15, 0.2) is 22.6 Å². The lowest BCUT2D eigenvalue weighted by molar-refractivity contribution is 0.481. The van der Waals surface area contributed by atoms with Gasteiger partial charge in [0.2, 0.25) is 0 Å². The predicted molar refractivity (Wildman–Crippen MR) is 71.6 cm³/mol. The van der Waals surface area contributed by atoms with Gasteiger partial charge >= 0.3 is 0 Å². The van der Waals surface area contributed by atoms with Crippen LogP contribution >= 0.6 is 0 Å². The van der Waals surface area contributed by atoms with Crippen LogP contribution in [-0.2, 0) is 6.54 Å². The minimum atomic E-state index is 0.493. The van der Waals surface area contributed by atoms with Crippen LogP contribution in [0, 0.1) is 25.3 Å². The summed E-state index contributed by atoms with van der Waals surface area (Å²) >= 11 is 0. The van der Waals surface area contributed by atoms with E-state index in [0.29, 0.717) is 18.2 Å². The normalized spacial score (nSPS) is 10.0. The van der Waals surface area contributed by atoms with Crippen molar-refractivity contribution in [2.24, 2.45) is 0 Å². The van der Waals surface area contributed by atoms with Gasteiger partial charge in [-0.2, -0.15) is 5.26 Å². The van der Waals surface area contributed by atoms with Gasteiger partial charge in [-0.1, -0.05) is 0 Å². The molecule has 2 heterocycles. The molecular weight excluding hydrogens is 242 g/mol. The van der Waals surface area contributed by atoms with Crippen LogP contribution < -0.4 is 10.2 Å². The first-order chi connectivity index (χ1) is 9.08. The Bertz CT molecular complexity index is 614. The van der Waals surface area contributed by atoms with E-state index in [9.17, 15) is 0 Å². The molecule has 0 radical (unpaired) electrons. The SMILES string of the molecule is Cc1nc(NC#N)cc(N(C)Cc2ccc(C)o2)n1. The van der Waals surface area contributed by atoms with E-state index in [2.05, 4.69) is 15.3 Å². The van der Waals surface area contributed by atoms with Crippen molar-refractivity contribution in [1.82, 2.24) is 9.97 Å². The van der Waals surface area contributed by atoms with Gasteiger partial charge in [0.15, 0.2) is 6.19 Å². The van der Waals surface area contributed by atoms with E-state index in [1.807, 2.05) is 37.2 Å². The minimum Gasteiger partial charge on any atom is -0.464 e. The van der Waals surface area contributed by atoms with Gasteiger partial charge < -0.3 is 9.32 Å². The molecule has 0 aliphatic heterocycles. The fourth-order valence-corrected chi connectivity index (χ4v) is 1.75. The molecule has 0 amide bonds. The number of hydrogen-bond acceptors (Lipinski definition) is 6. The molecule has 0 aromatic carbocycles. The van der Waals surface area contributed by atoms with Crippen molar-refractivity contribution in [1.29, 1.82) is 5.26 Å². The van der Waals surface area contributed by atoms with E-state index < -0.39 is 0 Å². The van der Waals surface area contributed by atoms with Crippen LogP contribution in [-0.4, -0.2) is 17.0 Å². The predicted octanol–water partition coefficient (Wildman–Crippen LogP) is 2.22. The average molecular weight is 257 g/mol. The molecule has 2 aromatic rings. The van der Waals surface area contributed by atoms with Gasteiger partial charge in [-0.3, -0.25) is 5.32 Å². The number of anilines is 2. The number of aromatic nitrogens is 2. The zero-order valence-corrected chi connectivity index (χ0v) is 11.1. The van der Waals surface area contributed by atoms with Crippen molar-refractivity contribution in [3.8, 4) is 6.19 Å². The Hall–Kier alpha value is -2.55. The number of hydrogen-bond donors (Lipinski definition) is 1. The molecule has 0 aliphatic rings. The summed E-state index contributed by atoms with van der Waals surface area (Å²) in [5, 5.41) is 11.1. The van der Waals surface area contributed by atoms with Crippen LogP contribution in [0.4, 0.5) is 11.6 Å². The number of aryl methyl sites for hydroxylation is 2. The maximum absolute atomic E-state index is 8.63. The van der Waals surface area contributed by atoms with Crippen molar-refractivity contribution < 1.29 is 4.42 Å². The summed E-state index contributed by atoms with van der Waals surface area (Å²) < 4.78 is 5.53. The zero-order chi connectivity index (χ0) is 13.8. The fourth-order valence-electron chi connectivity index (χ4n) is 1.75. The number of furan rings is 1. The Kier molecular flexibility index (Phi) is 3.66. The highest BCUT2D eigenvalue weighted by atomic mass is 16.3. The van der Waals surface area contributed by atoms with Crippen molar-refractivity contribution in [2.45, 2.75) is 20.4 Å². The highest BCUT2D eigenvalue weighted by molar-refractivity contribution is 5.50. The van der Waals surface area contributed by atoms with Gasteiger partial charge in [0.05, 0.1) is 6.54 Å². The standard InChI is InChI=1S/C13H15N5O/c1-9-4-5-11(19-9)7-18(3)13-6-12(15-8-14)16-10(2)17-13/h4-6H,7H2,1-3H3,(H,15,16,17). The minimum absolute atomic E-state index is 0.493. The summed E-state index contributed by atoms with van der Waals surface area (Å²) in [6.07, 6.45) is 1.85. The summed E-state index contributed by atoms with van der Waals surface area (Å²) in [6, 6.07) is 5.59. The first kappa shape index (κ1) is 12.9. The molecule has 19 heavy (non-hydrogen) atoms. The maximum atomic E-state index is 8.63. The summed E-state index contributed by atoms with van der Waals surface area (Å²) in [4.78, 5) is 10.4. The van der Waals surface area contributed by atoms with Crippen LogP contribution in [0.1, 0.15) is 17.3 Å². The maximum Gasteiger partial charge on any atom is 0.182 e. The Labute approximate surface area is 111 Å². The van der Waals surface area contributed by atoms with Gasteiger partial charge in [-0.15, -0.1) is 0 Å². The third-order valence-electron chi connectivity index (χ3n) is 2.59. The summed E-state index contributed by atoms with van der Waals surface area (Å²) in [6.45, 7) is 4.31. The second kappa shape index (κ2) is 5.40. The number of nitriles is 1. The van der Waals surface area contributed by atoms with Crippen LogP contribution in [0.25, 0.3) is 0 Å². The van der Waals surface area contributed by atoms with Gasteiger partial charge in [-0.05, 0) is 26.0 Å². The molecule has 1 N–H and O–H groups in total. The van der Waals surface area contributed by atoms with Crippen LogP contribution in [0.5, 0.6) is 0 Å². The first-order valence-electron chi connectivity index (χ1n) is 5.85. The molecule has 6 heteroatoms. The van der Waals surface area contributed by atoms with Crippen molar-refractivity contribution in [2.75, 3.05) is 17.3 Å². The number of nitrogens with zero attached hydrogens (tertiary/aromatic N) is 4. The quantitative estimate of drug-likeness (QED) is 0.668. The molecule has 0 fully saturated rings. The van der Waals surface area contributed by atoms with E-state index in [1.54, 1.807) is 13.0 Å². The summed E-state index contributed by atoms with van der Waals surface area (Å²) in [5.74, 6) is 3.59. The molecule has 0 bridgehead atoms. The largest absolute Gasteiger partial charge is 0.464 e. The first-order valence-corrected chi connectivity index (χ1v) is 5.85. The smallest absolute Gasteiger partial charge is 0.182 e. The molecule has 0 aliphatic carbocycles. The summed E-state index contributed by atoms with van der Waals surface area (Å²) in [5.41, 5.74) is 0. The zero-order valence-electron chi connectivity index (χ0n) is 11.1. The van der Waals surface area contributed by atoms with Crippen molar-refractivity contribution >= 4 is 11.6 Å². The van der Waals surface area contributed by atoms with Crippen molar-refractivity contribution in [3.63, 3.8) is 0 Å². The van der Waals surface area contributed by atoms with E-state index in [4.69, 9.17) is 9.68 Å². The van der Waals surface area contributed by atoms with Crippen LogP contribution in [0.2, 0.25) is 0 Å². The van der Waals surface area contributed by atoms with Gasteiger partial charge in [0.25, 0.3) is 0 Å². The number of nitrogens with one attached hydrogen (secondary N) is 1. The highest BCUT2D eigenvalue weighted by Crippen LogP contribution is 2.17. The Morgan fingerprint density at radius 2 is 2.16 bits per heavy atom. The van der Waals surface area contributed by atoms with E-state index in [1.165, 1.54) is 0 Å². The second-order valence-corrected chi connectivity index (χ2v) is 4.26. The second-order valence-electron chi connectivity index (χ2n) is 4.26. The monoisotopic (exact) mass is 257 g/mol. The van der Waals surface area contributed by atoms with Gasteiger partial charge in [0, 0.05) is 13.1 Å². The molecule has 0 spiro atoms. The Morgan fingerprint density at radius 1 is 1.37 bits per heavy atom. The van der Waals surface area contributed by atoms with Gasteiger partial charge in [-0.25, -0.2) is 9.97 Å². The average Bonchev–Trinajstić information content (AvgIpc) is 2.74. The number of rotatable bonds is 4. The van der Waals surface area contributed by atoms with Gasteiger partial charge in [0.1, 0.15) is 29.0 Å². The van der Waals surface area contributed by atoms with E-state index >= 15 is 0 Å². The molecular formula is C13H15N5O. The third-order valence-corrected chi connectivity index (χ3v) is 2.59. The van der Waals surface area contributed by atoms with E-state index in [-0.39, 0.29) is 0 Å².